The molecule has 2 aromatic rings. The zero-order valence-electron chi connectivity index (χ0n) is 10.9. The molecule has 2 heterocycles. The maximum atomic E-state index is 11.8. The molecule has 2 N–H and O–H groups in total. The third kappa shape index (κ3) is 2.38. The van der Waals surface area contributed by atoms with Gasteiger partial charge in [0.15, 0.2) is 0 Å². The summed E-state index contributed by atoms with van der Waals surface area (Å²) in [6, 6.07) is 7.59. The summed E-state index contributed by atoms with van der Waals surface area (Å²) in [6.07, 6.45) is -0.414. The Kier molecular flexibility index (Phi) is 3.19. The van der Waals surface area contributed by atoms with Crippen molar-refractivity contribution in [1.29, 1.82) is 0 Å². The molecule has 7 heteroatoms. The number of carbonyl (C=O) groups is 1. The molecule has 1 aliphatic heterocycles. The highest BCUT2D eigenvalue weighted by Crippen LogP contribution is 2.28. The minimum Gasteiger partial charge on any atom is -0.403 e. The van der Waals surface area contributed by atoms with Crippen LogP contribution in [0, 0.1) is 10.1 Å². The number of amides is 1. The van der Waals surface area contributed by atoms with Gasteiger partial charge in [-0.25, -0.2) is 0 Å². The van der Waals surface area contributed by atoms with E-state index in [2.05, 4.69) is 5.32 Å². The summed E-state index contributed by atoms with van der Waals surface area (Å²) in [7, 11) is 0. The van der Waals surface area contributed by atoms with Crippen molar-refractivity contribution in [3.8, 4) is 0 Å². The molecule has 0 bridgehead atoms. The molecule has 108 valence electrons. The smallest absolute Gasteiger partial charge is 0.403 e. The zero-order valence-corrected chi connectivity index (χ0v) is 10.9. The quantitative estimate of drug-likeness (QED) is 0.658. The van der Waals surface area contributed by atoms with Gasteiger partial charge < -0.3 is 14.8 Å². The summed E-state index contributed by atoms with van der Waals surface area (Å²) in [5.41, 5.74) is 1.88. The standard InChI is InChI=1S/C14H12N2O5/c17-13(11-3-4-12(21-11)16(19)20)9-2-1-8-5-6-15-14(18)10(8)7-9/h1-4,7,13,17H,5-6H2,(H,15,18). The molecule has 21 heavy (non-hydrogen) atoms. The lowest BCUT2D eigenvalue weighted by atomic mass is 9.95. The number of rotatable bonds is 3. The third-order valence-corrected chi connectivity index (χ3v) is 3.44. The fourth-order valence-electron chi connectivity index (χ4n) is 2.35. The van der Waals surface area contributed by atoms with Gasteiger partial charge in [-0.15, -0.1) is 0 Å². The van der Waals surface area contributed by atoms with Crippen molar-refractivity contribution in [2.45, 2.75) is 12.5 Å². The van der Waals surface area contributed by atoms with Crippen LogP contribution in [0.15, 0.2) is 34.7 Å². The van der Waals surface area contributed by atoms with E-state index in [9.17, 15) is 20.0 Å². The molecule has 1 atom stereocenters. The minimum absolute atomic E-state index is 0.0675. The Hall–Kier alpha value is -2.67. The SMILES string of the molecule is O=C1NCCc2ccc(C(O)c3ccc([N+](=O)[O-])o3)cc21. The summed E-state index contributed by atoms with van der Waals surface area (Å²) >= 11 is 0. The number of nitro groups is 1. The van der Waals surface area contributed by atoms with Crippen molar-refractivity contribution in [3.63, 3.8) is 0 Å². The number of benzene rings is 1. The second kappa shape index (κ2) is 5.02. The number of carbonyl (C=O) groups excluding carboxylic acids is 1. The summed E-state index contributed by atoms with van der Waals surface area (Å²) in [6.45, 7) is 0.595. The Bertz CT molecular complexity index is 722. The van der Waals surface area contributed by atoms with E-state index in [1.54, 1.807) is 18.2 Å². The predicted molar refractivity (Wildman–Crippen MR) is 71.9 cm³/mol. The summed E-state index contributed by atoms with van der Waals surface area (Å²) < 4.78 is 4.98. The summed E-state index contributed by atoms with van der Waals surface area (Å²) in [4.78, 5) is 21.7. The maximum Gasteiger partial charge on any atom is 0.433 e. The lowest BCUT2D eigenvalue weighted by molar-refractivity contribution is -0.402. The van der Waals surface area contributed by atoms with Crippen molar-refractivity contribution in [1.82, 2.24) is 5.32 Å². The van der Waals surface area contributed by atoms with Crippen LogP contribution in [0.2, 0.25) is 0 Å². The number of aliphatic hydroxyl groups excluding tert-OH is 1. The van der Waals surface area contributed by atoms with Crippen LogP contribution in [0.25, 0.3) is 0 Å². The van der Waals surface area contributed by atoms with E-state index in [0.717, 1.165) is 12.0 Å². The number of furan rings is 1. The Balaban J connectivity index is 1.94. The Morgan fingerprint density at radius 3 is 2.86 bits per heavy atom. The highest BCUT2D eigenvalue weighted by atomic mass is 16.6. The average molecular weight is 288 g/mol. The van der Waals surface area contributed by atoms with E-state index in [4.69, 9.17) is 4.42 Å². The second-order valence-corrected chi connectivity index (χ2v) is 4.76. The number of aliphatic hydroxyl groups is 1. The minimum atomic E-state index is -1.15. The van der Waals surface area contributed by atoms with Crippen molar-refractivity contribution in [2.75, 3.05) is 6.54 Å². The van der Waals surface area contributed by atoms with Crippen LogP contribution in [0.1, 0.15) is 33.3 Å². The Morgan fingerprint density at radius 1 is 1.33 bits per heavy atom. The molecule has 3 rings (SSSR count). The van der Waals surface area contributed by atoms with Crippen LogP contribution in [0.5, 0.6) is 0 Å². The van der Waals surface area contributed by atoms with E-state index in [1.807, 2.05) is 0 Å². The van der Waals surface area contributed by atoms with Crippen molar-refractivity contribution in [3.05, 3.63) is 62.9 Å². The average Bonchev–Trinajstić information content (AvgIpc) is 2.97. The molecule has 1 amide bonds. The maximum absolute atomic E-state index is 11.8. The van der Waals surface area contributed by atoms with Crippen LogP contribution in [-0.4, -0.2) is 22.5 Å². The van der Waals surface area contributed by atoms with E-state index in [1.165, 1.54) is 12.1 Å². The van der Waals surface area contributed by atoms with E-state index in [0.29, 0.717) is 17.7 Å². The van der Waals surface area contributed by atoms with Crippen LogP contribution in [-0.2, 0) is 6.42 Å². The molecule has 0 spiro atoms. The van der Waals surface area contributed by atoms with Gasteiger partial charge in [0, 0.05) is 12.1 Å². The van der Waals surface area contributed by atoms with Crippen molar-refractivity contribution >= 4 is 11.8 Å². The molecule has 0 aliphatic carbocycles. The first-order valence-corrected chi connectivity index (χ1v) is 6.39. The topological polar surface area (TPSA) is 106 Å². The molecule has 1 unspecified atom stereocenters. The molecular formula is C14H12N2O5. The largest absolute Gasteiger partial charge is 0.433 e. The lowest BCUT2D eigenvalue weighted by Gasteiger charge is -2.18. The number of fused-ring (bicyclic) bond motifs is 1. The van der Waals surface area contributed by atoms with Crippen molar-refractivity contribution in [2.24, 2.45) is 0 Å². The second-order valence-electron chi connectivity index (χ2n) is 4.76. The molecule has 0 fully saturated rings. The first kappa shape index (κ1) is 13.3. The van der Waals surface area contributed by atoms with Gasteiger partial charge in [-0.1, -0.05) is 12.1 Å². The first-order chi connectivity index (χ1) is 10.1. The van der Waals surface area contributed by atoms with Crippen LogP contribution < -0.4 is 5.32 Å². The van der Waals surface area contributed by atoms with E-state index >= 15 is 0 Å². The van der Waals surface area contributed by atoms with Crippen LogP contribution in [0.4, 0.5) is 5.88 Å². The van der Waals surface area contributed by atoms with Gasteiger partial charge in [0.05, 0.1) is 6.07 Å². The van der Waals surface area contributed by atoms with Gasteiger partial charge in [-0.3, -0.25) is 14.9 Å². The van der Waals surface area contributed by atoms with Gasteiger partial charge in [0.2, 0.25) is 0 Å². The van der Waals surface area contributed by atoms with Gasteiger partial charge in [-0.05, 0) is 29.7 Å². The summed E-state index contributed by atoms with van der Waals surface area (Å²) in [5.74, 6) is -0.548. The molecule has 1 aromatic heterocycles. The Labute approximate surface area is 119 Å². The fraction of sp³-hybridized carbons (Fsp3) is 0.214. The number of nitrogens with one attached hydrogen (secondary N) is 1. The highest BCUT2D eigenvalue weighted by molar-refractivity contribution is 5.96. The van der Waals surface area contributed by atoms with Crippen molar-refractivity contribution < 1.29 is 19.2 Å². The Morgan fingerprint density at radius 2 is 2.14 bits per heavy atom. The van der Waals surface area contributed by atoms with E-state index < -0.39 is 16.9 Å². The number of hydrogen-bond acceptors (Lipinski definition) is 5. The fourth-order valence-corrected chi connectivity index (χ4v) is 2.35. The normalized spacial score (nSPS) is 15.2. The molecule has 0 radical (unpaired) electrons. The van der Waals surface area contributed by atoms with Gasteiger partial charge in [0.25, 0.3) is 5.91 Å². The van der Waals surface area contributed by atoms with Gasteiger partial charge in [-0.2, -0.15) is 0 Å². The number of nitrogens with zero attached hydrogens (tertiary/aromatic N) is 1. The van der Waals surface area contributed by atoms with E-state index in [-0.39, 0.29) is 11.7 Å². The van der Waals surface area contributed by atoms with Gasteiger partial charge in [0.1, 0.15) is 16.8 Å². The molecule has 7 nitrogen and oxygen atoms in total. The zero-order chi connectivity index (χ0) is 15.0. The predicted octanol–water partition coefficient (Wildman–Crippen LogP) is 1.56. The number of hydrogen-bond donors (Lipinski definition) is 2. The molecule has 1 aromatic carbocycles. The van der Waals surface area contributed by atoms with Crippen LogP contribution >= 0.6 is 0 Å². The van der Waals surface area contributed by atoms with Crippen LogP contribution in [0.3, 0.4) is 0 Å². The molecule has 1 aliphatic rings. The molecular weight excluding hydrogens is 276 g/mol. The first-order valence-electron chi connectivity index (χ1n) is 6.39. The monoisotopic (exact) mass is 288 g/mol. The van der Waals surface area contributed by atoms with Gasteiger partial charge >= 0.3 is 5.88 Å². The summed E-state index contributed by atoms with van der Waals surface area (Å²) in [5, 5.41) is 23.5. The third-order valence-electron chi connectivity index (χ3n) is 3.44. The highest BCUT2D eigenvalue weighted by Gasteiger charge is 2.22. The molecule has 0 saturated carbocycles. The lowest BCUT2D eigenvalue weighted by Crippen LogP contribution is -2.31. The molecule has 0 saturated heterocycles.